The highest BCUT2D eigenvalue weighted by Crippen LogP contribution is 2.20. The van der Waals surface area contributed by atoms with E-state index in [1.54, 1.807) is 18.2 Å². The summed E-state index contributed by atoms with van der Waals surface area (Å²) in [6.07, 6.45) is 3.23. The van der Waals surface area contributed by atoms with Crippen LogP contribution in [0.25, 0.3) is 16.8 Å². The van der Waals surface area contributed by atoms with Gasteiger partial charge in [-0.05, 0) is 46.8 Å². The van der Waals surface area contributed by atoms with Crippen molar-refractivity contribution in [2.24, 2.45) is 0 Å². The Balaban J connectivity index is 1.66. The van der Waals surface area contributed by atoms with Crippen LogP contribution in [0.2, 0.25) is 5.02 Å². The second-order valence-electron chi connectivity index (χ2n) is 5.32. The first-order valence-corrected chi connectivity index (χ1v) is 8.44. The van der Waals surface area contributed by atoms with Crippen LogP contribution < -0.4 is 10.6 Å². The molecule has 0 radical (unpaired) electrons. The summed E-state index contributed by atoms with van der Waals surface area (Å²) in [4.78, 5) is 12.1. The molecule has 5 heteroatoms. The summed E-state index contributed by atoms with van der Waals surface area (Å²) in [6, 6.07) is 21.2. The highest BCUT2D eigenvalue weighted by Gasteiger charge is 2.04. The van der Waals surface area contributed by atoms with Crippen molar-refractivity contribution in [3.63, 3.8) is 0 Å². The van der Waals surface area contributed by atoms with E-state index in [1.165, 1.54) is 6.08 Å². The summed E-state index contributed by atoms with van der Waals surface area (Å²) in [5.41, 5.74) is 1.62. The number of thiocarbonyl (C=S) groups is 1. The molecule has 3 aromatic rings. The maximum Gasteiger partial charge on any atom is 0.250 e. The zero-order valence-corrected chi connectivity index (χ0v) is 14.8. The minimum absolute atomic E-state index is 0.195. The minimum atomic E-state index is -0.308. The smallest absolute Gasteiger partial charge is 0.250 e. The molecule has 3 rings (SSSR count). The largest absolute Gasteiger partial charge is 0.331 e. The topological polar surface area (TPSA) is 41.1 Å². The number of hydrogen-bond donors (Lipinski definition) is 2. The van der Waals surface area contributed by atoms with Gasteiger partial charge < -0.3 is 5.32 Å². The van der Waals surface area contributed by atoms with E-state index in [-0.39, 0.29) is 11.0 Å². The van der Waals surface area contributed by atoms with Gasteiger partial charge in [0.15, 0.2) is 5.11 Å². The third-order valence-electron chi connectivity index (χ3n) is 3.60. The van der Waals surface area contributed by atoms with Crippen molar-refractivity contribution >= 4 is 57.4 Å². The Morgan fingerprint density at radius 3 is 2.52 bits per heavy atom. The van der Waals surface area contributed by atoms with E-state index < -0.39 is 0 Å². The fraction of sp³-hybridized carbons (Fsp3) is 0. The highest BCUT2D eigenvalue weighted by molar-refractivity contribution is 7.80. The molecule has 3 aromatic carbocycles. The second kappa shape index (κ2) is 7.92. The molecule has 0 saturated carbocycles. The van der Waals surface area contributed by atoms with Crippen LogP contribution in [0.5, 0.6) is 0 Å². The number of benzene rings is 3. The van der Waals surface area contributed by atoms with Gasteiger partial charge in [-0.3, -0.25) is 10.1 Å². The van der Waals surface area contributed by atoms with Crippen LogP contribution in [0.15, 0.2) is 72.8 Å². The normalized spacial score (nSPS) is 10.8. The molecule has 0 fully saturated rings. The minimum Gasteiger partial charge on any atom is -0.331 e. The maximum absolute atomic E-state index is 12.1. The Morgan fingerprint density at radius 1 is 0.960 bits per heavy atom. The van der Waals surface area contributed by atoms with Gasteiger partial charge in [0.25, 0.3) is 0 Å². The summed E-state index contributed by atoms with van der Waals surface area (Å²) in [5.74, 6) is -0.308. The SMILES string of the molecule is O=C(/C=C/c1cccc2ccccc12)NC(=S)Nc1ccccc1Cl. The number of hydrogen-bond acceptors (Lipinski definition) is 2. The summed E-state index contributed by atoms with van der Waals surface area (Å²) in [7, 11) is 0. The van der Waals surface area contributed by atoms with Crippen molar-refractivity contribution in [3.05, 3.63) is 83.4 Å². The van der Waals surface area contributed by atoms with Gasteiger partial charge in [-0.25, -0.2) is 0 Å². The van der Waals surface area contributed by atoms with Gasteiger partial charge in [0.2, 0.25) is 5.91 Å². The lowest BCUT2D eigenvalue weighted by Crippen LogP contribution is -2.32. The lowest BCUT2D eigenvalue weighted by Gasteiger charge is -2.09. The monoisotopic (exact) mass is 366 g/mol. The van der Waals surface area contributed by atoms with E-state index in [2.05, 4.69) is 10.6 Å². The third kappa shape index (κ3) is 4.44. The first-order chi connectivity index (χ1) is 12.1. The quantitative estimate of drug-likeness (QED) is 0.505. The fourth-order valence-electron chi connectivity index (χ4n) is 2.43. The van der Waals surface area contributed by atoms with Crippen LogP contribution in [0.1, 0.15) is 5.56 Å². The molecule has 0 aliphatic rings. The molecule has 0 aromatic heterocycles. The number of fused-ring (bicyclic) bond motifs is 1. The molecule has 0 heterocycles. The van der Waals surface area contributed by atoms with Crippen molar-refractivity contribution in [3.8, 4) is 0 Å². The predicted octanol–water partition coefficient (Wildman–Crippen LogP) is 5.02. The lowest BCUT2D eigenvalue weighted by atomic mass is 10.0. The molecule has 0 bridgehead atoms. The van der Waals surface area contributed by atoms with Gasteiger partial charge in [0.1, 0.15) is 0 Å². The van der Waals surface area contributed by atoms with Crippen molar-refractivity contribution in [1.29, 1.82) is 0 Å². The van der Waals surface area contributed by atoms with E-state index in [4.69, 9.17) is 23.8 Å². The van der Waals surface area contributed by atoms with Gasteiger partial charge in [-0.1, -0.05) is 66.2 Å². The molecule has 1 amide bonds. The molecule has 0 aliphatic carbocycles. The molecular weight excluding hydrogens is 352 g/mol. The van der Waals surface area contributed by atoms with Crippen molar-refractivity contribution in [1.82, 2.24) is 5.32 Å². The van der Waals surface area contributed by atoms with Crippen LogP contribution in [-0.4, -0.2) is 11.0 Å². The van der Waals surface area contributed by atoms with Crippen LogP contribution in [0, 0.1) is 0 Å². The molecule has 0 aliphatic heterocycles. The van der Waals surface area contributed by atoms with E-state index in [0.29, 0.717) is 10.7 Å². The van der Waals surface area contributed by atoms with E-state index in [1.807, 2.05) is 54.6 Å². The predicted molar refractivity (Wildman–Crippen MR) is 109 cm³/mol. The third-order valence-corrected chi connectivity index (χ3v) is 4.13. The first kappa shape index (κ1) is 17.1. The zero-order chi connectivity index (χ0) is 17.6. The van der Waals surface area contributed by atoms with E-state index in [0.717, 1.165) is 16.3 Å². The van der Waals surface area contributed by atoms with Crippen molar-refractivity contribution < 1.29 is 4.79 Å². The maximum atomic E-state index is 12.1. The number of nitrogens with one attached hydrogen (secondary N) is 2. The Morgan fingerprint density at radius 2 is 1.68 bits per heavy atom. The summed E-state index contributed by atoms with van der Waals surface area (Å²) in [5, 5.41) is 8.45. The molecule has 124 valence electrons. The Bertz CT molecular complexity index is 963. The number of rotatable bonds is 3. The number of para-hydroxylation sites is 1. The molecule has 0 spiro atoms. The van der Waals surface area contributed by atoms with E-state index in [9.17, 15) is 4.79 Å². The van der Waals surface area contributed by atoms with Crippen LogP contribution in [-0.2, 0) is 4.79 Å². The average Bonchev–Trinajstić information content (AvgIpc) is 2.62. The Hall–Kier alpha value is -2.69. The zero-order valence-electron chi connectivity index (χ0n) is 13.2. The molecule has 0 saturated heterocycles. The Labute approximate surface area is 156 Å². The van der Waals surface area contributed by atoms with Crippen molar-refractivity contribution in [2.45, 2.75) is 0 Å². The molecular formula is C20H15ClN2OS. The highest BCUT2D eigenvalue weighted by atomic mass is 35.5. The number of halogens is 1. The summed E-state index contributed by atoms with van der Waals surface area (Å²) in [6.45, 7) is 0. The van der Waals surface area contributed by atoms with Crippen LogP contribution in [0.4, 0.5) is 5.69 Å². The van der Waals surface area contributed by atoms with Gasteiger partial charge in [0.05, 0.1) is 10.7 Å². The van der Waals surface area contributed by atoms with Gasteiger partial charge in [-0.2, -0.15) is 0 Å². The summed E-state index contributed by atoms with van der Waals surface area (Å²) < 4.78 is 0. The van der Waals surface area contributed by atoms with E-state index >= 15 is 0 Å². The van der Waals surface area contributed by atoms with Crippen molar-refractivity contribution in [2.75, 3.05) is 5.32 Å². The number of amides is 1. The first-order valence-electron chi connectivity index (χ1n) is 7.66. The summed E-state index contributed by atoms with van der Waals surface area (Å²) >= 11 is 11.2. The number of anilines is 1. The number of carbonyl (C=O) groups is 1. The fourth-order valence-corrected chi connectivity index (χ4v) is 2.82. The second-order valence-corrected chi connectivity index (χ2v) is 6.14. The standard InChI is InChI=1S/C20H15ClN2OS/c21-17-10-3-4-11-18(17)22-20(25)23-19(24)13-12-15-8-5-7-14-6-1-2-9-16(14)15/h1-13H,(H2,22,23,24,25)/b13-12+. The van der Waals surface area contributed by atoms with Crippen LogP contribution >= 0.6 is 23.8 Å². The molecule has 0 unspecified atom stereocenters. The van der Waals surface area contributed by atoms with Gasteiger partial charge >= 0.3 is 0 Å². The molecule has 3 nitrogen and oxygen atoms in total. The van der Waals surface area contributed by atoms with Crippen LogP contribution in [0.3, 0.4) is 0 Å². The van der Waals surface area contributed by atoms with Gasteiger partial charge in [0, 0.05) is 6.08 Å². The molecule has 2 N–H and O–H groups in total. The lowest BCUT2D eigenvalue weighted by molar-refractivity contribution is -0.115. The number of carbonyl (C=O) groups excluding carboxylic acids is 1. The van der Waals surface area contributed by atoms with Gasteiger partial charge in [-0.15, -0.1) is 0 Å². The average molecular weight is 367 g/mol. The Kier molecular flexibility index (Phi) is 5.43. The molecule has 25 heavy (non-hydrogen) atoms. The molecule has 0 atom stereocenters.